The van der Waals surface area contributed by atoms with Crippen molar-refractivity contribution in [3.8, 4) is 0 Å². The maximum atomic E-state index is 12.3. The summed E-state index contributed by atoms with van der Waals surface area (Å²) >= 11 is 0. The number of ether oxygens (including phenoxy) is 1. The average Bonchev–Trinajstić information content (AvgIpc) is 2.28. The zero-order valence-corrected chi connectivity index (χ0v) is 12.9. The van der Waals surface area contributed by atoms with Gasteiger partial charge in [-0.3, -0.25) is 9.00 Å². The van der Waals surface area contributed by atoms with Gasteiger partial charge in [0.05, 0.1) is 6.61 Å². The predicted molar refractivity (Wildman–Crippen MR) is 78.5 cm³/mol. The maximum Gasteiger partial charge on any atom is 0.321 e. The molecule has 0 amide bonds. The lowest BCUT2D eigenvalue weighted by molar-refractivity contribution is -0.142. The topological polar surface area (TPSA) is 43.4 Å². The van der Waals surface area contributed by atoms with Crippen molar-refractivity contribution in [2.24, 2.45) is 0 Å². The number of carbonyl (C=O) groups is 1. The second kappa shape index (κ2) is 7.43. The maximum absolute atomic E-state index is 12.3. The van der Waals surface area contributed by atoms with Crippen molar-refractivity contribution in [2.45, 2.75) is 45.1 Å². The van der Waals surface area contributed by atoms with Gasteiger partial charge in [0.2, 0.25) is 0 Å². The van der Waals surface area contributed by atoms with Crippen molar-refractivity contribution in [3.63, 3.8) is 0 Å². The molecule has 0 radical (unpaired) electrons. The van der Waals surface area contributed by atoms with Gasteiger partial charge in [-0.25, -0.2) is 0 Å². The number of esters is 1. The van der Waals surface area contributed by atoms with Crippen molar-refractivity contribution in [1.82, 2.24) is 0 Å². The molecule has 1 aromatic carbocycles. The Morgan fingerprint density at radius 1 is 1.21 bits per heavy atom. The Balaban J connectivity index is 2.79. The number of hydrogen-bond donors (Lipinski definition) is 0. The number of benzene rings is 1. The van der Waals surface area contributed by atoms with Crippen LogP contribution in [0.4, 0.5) is 0 Å². The quantitative estimate of drug-likeness (QED) is 0.754. The number of aryl methyl sites for hydroxylation is 2. The van der Waals surface area contributed by atoms with Crippen LogP contribution in [0, 0.1) is 13.8 Å². The van der Waals surface area contributed by atoms with Crippen LogP contribution in [-0.4, -0.2) is 22.0 Å². The Morgan fingerprint density at radius 3 is 2.26 bits per heavy atom. The minimum Gasteiger partial charge on any atom is -0.465 e. The highest BCUT2D eigenvalue weighted by Gasteiger charge is 2.24. The van der Waals surface area contributed by atoms with Gasteiger partial charge in [0.1, 0.15) is 5.25 Å². The Bertz CT molecular complexity index is 448. The lowest BCUT2D eigenvalue weighted by Crippen LogP contribution is -2.28. The van der Waals surface area contributed by atoms with Crippen molar-refractivity contribution >= 4 is 16.8 Å². The average molecular weight is 282 g/mol. The van der Waals surface area contributed by atoms with Gasteiger partial charge in [-0.2, -0.15) is 0 Å². The first-order valence-electron chi connectivity index (χ1n) is 6.58. The summed E-state index contributed by atoms with van der Waals surface area (Å²) in [5.74, 6) is 0.0486. The zero-order chi connectivity index (χ0) is 14.4. The molecule has 0 N–H and O–H groups in total. The Kier molecular flexibility index (Phi) is 6.22. The summed E-state index contributed by atoms with van der Waals surface area (Å²) in [4.78, 5) is 11.7. The van der Waals surface area contributed by atoms with Crippen molar-refractivity contribution in [2.75, 3.05) is 6.61 Å². The summed E-state index contributed by atoms with van der Waals surface area (Å²) in [6, 6.07) is 6.11. The number of hydrogen-bond acceptors (Lipinski definition) is 3. The van der Waals surface area contributed by atoms with Gasteiger partial charge in [0.15, 0.2) is 0 Å². The van der Waals surface area contributed by atoms with E-state index in [1.165, 1.54) is 0 Å². The molecule has 3 nitrogen and oxygen atoms in total. The summed E-state index contributed by atoms with van der Waals surface area (Å²) < 4.78 is 17.3. The predicted octanol–water partition coefficient (Wildman–Crippen LogP) is 2.89. The van der Waals surface area contributed by atoms with Crippen LogP contribution in [0.5, 0.6) is 0 Å². The zero-order valence-electron chi connectivity index (χ0n) is 12.1. The van der Waals surface area contributed by atoms with E-state index in [4.69, 9.17) is 4.74 Å². The third-order valence-corrected chi connectivity index (χ3v) is 4.61. The molecule has 0 bridgehead atoms. The van der Waals surface area contributed by atoms with Gasteiger partial charge in [-0.1, -0.05) is 36.2 Å². The molecule has 0 spiro atoms. The van der Waals surface area contributed by atoms with E-state index in [-0.39, 0.29) is 5.97 Å². The van der Waals surface area contributed by atoms with Gasteiger partial charge < -0.3 is 4.74 Å². The van der Waals surface area contributed by atoms with Crippen molar-refractivity contribution in [3.05, 3.63) is 34.9 Å². The highest BCUT2D eigenvalue weighted by atomic mass is 32.2. The lowest BCUT2D eigenvalue weighted by atomic mass is 10.1. The van der Waals surface area contributed by atoms with E-state index in [1.54, 1.807) is 6.92 Å². The third-order valence-electron chi connectivity index (χ3n) is 2.83. The van der Waals surface area contributed by atoms with Crippen LogP contribution < -0.4 is 0 Å². The molecule has 2 unspecified atom stereocenters. The van der Waals surface area contributed by atoms with E-state index < -0.39 is 16.0 Å². The van der Waals surface area contributed by atoms with E-state index in [2.05, 4.69) is 6.07 Å². The lowest BCUT2D eigenvalue weighted by Gasteiger charge is -2.13. The molecule has 0 saturated carbocycles. The second-order valence-electron chi connectivity index (χ2n) is 4.67. The summed E-state index contributed by atoms with van der Waals surface area (Å²) in [6.07, 6.45) is 0.538. The fourth-order valence-electron chi connectivity index (χ4n) is 2.11. The summed E-state index contributed by atoms with van der Waals surface area (Å²) in [5, 5.41) is -0.527. The number of rotatable bonds is 6. The summed E-state index contributed by atoms with van der Waals surface area (Å²) in [5.41, 5.74) is 3.31. The summed E-state index contributed by atoms with van der Waals surface area (Å²) in [6.45, 7) is 7.98. The van der Waals surface area contributed by atoms with E-state index in [0.29, 0.717) is 18.8 Å². The first-order valence-corrected chi connectivity index (χ1v) is 7.97. The third kappa shape index (κ3) is 4.78. The van der Waals surface area contributed by atoms with E-state index in [1.807, 2.05) is 32.9 Å². The molecule has 0 fully saturated rings. The van der Waals surface area contributed by atoms with Gasteiger partial charge in [0, 0.05) is 16.6 Å². The van der Waals surface area contributed by atoms with Gasteiger partial charge in [-0.15, -0.1) is 0 Å². The molecule has 0 aliphatic heterocycles. The smallest absolute Gasteiger partial charge is 0.321 e. The first-order chi connectivity index (χ1) is 8.97. The SMILES string of the molecule is CCOC(=O)C(CC)S(=O)Cc1cc(C)cc(C)c1. The van der Waals surface area contributed by atoms with Crippen LogP contribution in [-0.2, 0) is 26.1 Å². The van der Waals surface area contributed by atoms with E-state index >= 15 is 0 Å². The molecule has 0 aliphatic carbocycles. The normalized spacial score (nSPS) is 13.9. The van der Waals surface area contributed by atoms with E-state index in [9.17, 15) is 9.00 Å². The highest BCUT2D eigenvalue weighted by molar-refractivity contribution is 7.85. The molecule has 19 heavy (non-hydrogen) atoms. The van der Waals surface area contributed by atoms with Crippen LogP contribution in [0.15, 0.2) is 18.2 Å². The molecule has 106 valence electrons. The molecule has 1 rings (SSSR count). The van der Waals surface area contributed by atoms with Crippen LogP contribution in [0.1, 0.15) is 37.0 Å². The Hall–Kier alpha value is -1.16. The molecule has 1 aromatic rings. The van der Waals surface area contributed by atoms with Crippen LogP contribution in [0.3, 0.4) is 0 Å². The van der Waals surface area contributed by atoms with Gasteiger partial charge in [-0.05, 0) is 32.8 Å². The fraction of sp³-hybridized carbons (Fsp3) is 0.533. The number of carbonyl (C=O) groups excluding carboxylic acids is 1. The molecular formula is C15H22O3S. The second-order valence-corrected chi connectivity index (χ2v) is 6.29. The molecule has 0 saturated heterocycles. The molecule has 4 heteroatoms. The standard InChI is InChI=1S/C15H22O3S/c1-5-14(15(16)18-6-2)19(17)10-13-8-11(3)7-12(4)9-13/h7-9,14H,5-6,10H2,1-4H3. The van der Waals surface area contributed by atoms with Crippen LogP contribution in [0.2, 0.25) is 0 Å². The minimum atomic E-state index is -1.23. The monoisotopic (exact) mass is 282 g/mol. The Morgan fingerprint density at radius 2 is 1.79 bits per heavy atom. The van der Waals surface area contributed by atoms with Crippen molar-refractivity contribution < 1.29 is 13.7 Å². The van der Waals surface area contributed by atoms with Crippen LogP contribution in [0.25, 0.3) is 0 Å². The largest absolute Gasteiger partial charge is 0.465 e. The molecule has 2 atom stereocenters. The van der Waals surface area contributed by atoms with Gasteiger partial charge >= 0.3 is 5.97 Å². The minimum absolute atomic E-state index is 0.329. The molecule has 0 aromatic heterocycles. The van der Waals surface area contributed by atoms with E-state index in [0.717, 1.165) is 16.7 Å². The van der Waals surface area contributed by atoms with Crippen LogP contribution >= 0.6 is 0 Å². The Labute approximate surface area is 117 Å². The molecular weight excluding hydrogens is 260 g/mol. The highest BCUT2D eigenvalue weighted by Crippen LogP contribution is 2.15. The molecule has 0 heterocycles. The first kappa shape index (κ1) is 15.9. The van der Waals surface area contributed by atoms with Crippen molar-refractivity contribution in [1.29, 1.82) is 0 Å². The summed E-state index contributed by atoms with van der Waals surface area (Å²) in [7, 11) is -1.23. The fourth-order valence-corrected chi connectivity index (χ4v) is 3.46. The van der Waals surface area contributed by atoms with Gasteiger partial charge in [0.25, 0.3) is 0 Å². The molecule has 0 aliphatic rings.